The van der Waals surface area contributed by atoms with Crippen LogP contribution in [0.4, 0.5) is 4.39 Å². The van der Waals surface area contributed by atoms with Gasteiger partial charge in [0.15, 0.2) is 0 Å². The summed E-state index contributed by atoms with van der Waals surface area (Å²) in [5.74, 6) is 0.708. The lowest BCUT2D eigenvalue weighted by atomic mass is 9.80. The smallest absolute Gasteiger partial charge is 0.126 e. The maximum atomic E-state index is 13.6. The molecule has 1 saturated heterocycles. The molecule has 90 valence electrons. The molecule has 3 rings (SSSR count). The van der Waals surface area contributed by atoms with Gasteiger partial charge >= 0.3 is 0 Å². The molecule has 3 atom stereocenters. The lowest BCUT2D eigenvalue weighted by Gasteiger charge is -2.35. The third kappa shape index (κ3) is 2.14. The third-order valence-corrected chi connectivity index (χ3v) is 3.92. The fourth-order valence-electron chi connectivity index (χ4n) is 2.78. The van der Waals surface area contributed by atoms with Crippen molar-refractivity contribution in [3.8, 4) is 0 Å². The molecule has 1 heterocycles. The van der Waals surface area contributed by atoms with E-state index in [-0.39, 0.29) is 11.7 Å². The van der Waals surface area contributed by atoms with Crippen molar-refractivity contribution in [3.05, 3.63) is 47.8 Å². The lowest BCUT2D eigenvalue weighted by molar-refractivity contribution is -0.0766. The molecule has 2 aliphatic rings. The van der Waals surface area contributed by atoms with E-state index in [1.807, 2.05) is 12.1 Å². The van der Waals surface area contributed by atoms with E-state index in [0.29, 0.717) is 12.0 Å². The molecule has 1 aliphatic carbocycles. The van der Waals surface area contributed by atoms with Crippen LogP contribution in [0.2, 0.25) is 0 Å². The van der Waals surface area contributed by atoms with Gasteiger partial charge in [-0.3, -0.25) is 0 Å². The highest BCUT2D eigenvalue weighted by Crippen LogP contribution is 2.35. The molecular formula is C15H17FO. The fourth-order valence-corrected chi connectivity index (χ4v) is 2.78. The molecule has 2 heteroatoms. The van der Waals surface area contributed by atoms with Crippen molar-refractivity contribution >= 4 is 0 Å². The molecule has 17 heavy (non-hydrogen) atoms. The Kier molecular flexibility index (Phi) is 2.98. The summed E-state index contributed by atoms with van der Waals surface area (Å²) in [6.45, 7) is 0.908. The van der Waals surface area contributed by atoms with Gasteiger partial charge in [0.2, 0.25) is 0 Å². The Balaban J connectivity index is 1.73. The molecule has 1 aromatic carbocycles. The number of ether oxygens (including phenoxy) is 1. The molecule has 0 bridgehead atoms. The molecule has 3 unspecified atom stereocenters. The summed E-state index contributed by atoms with van der Waals surface area (Å²) in [7, 11) is 0. The first-order chi connectivity index (χ1) is 8.34. The van der Waals surface area contributed by atoms with Gasteiger partial charge in [-0.1, -0.05) is 30.4 Å². The number of hydrogen-bond donors (Lipinski definition) is 0. The Morgan fingerprint density at radius 3 is 2.47 bits per heavy atom. The fraction of sp³-hybridized carbons (Fsp3) is 0.467. The van der Waals surface area contributed by atoms with Crippen LogP contribution in [0.15, 0.2) is 36.4 Å². The molecule has 1 nitrogen and oxygen atoms in total. The van der Waals surface area contributed by atoms with Crippen LogP contribution in [0.3, 0.4) is 0 Å². The minimum Gasteiger partial charge on any atom is -0.377 e. The van der Waals surface area contributed by atoms with Crippen LogP contribution in [0.5, 0.6) is 0 Å². The molecule has 0 aromatic heterocycles. The van der Waals surface area contributed by atoms with Gasteiger partial charge in [-0.05, 0) is 30.9 Å². The first-order valence-corrected chi connectivity index (χ1v) is 6.39. The van der Waals surface area contributed by atoms with Crippen LogP contribution in [0.1, 0.15) is 30.7 Å². The Labute approximate surface area is 101 Å². The quantitative estimate of drug-likeness (QED) is 0.707. The Bertz CT molecular complexity index is 423. The first-order valence-electron chi connectivity index (χ1n) is 6.39. The second-order valence-electron chi connectivity index (χ2n) is 4.95. The van der Waals surface area contributed by atoms with Crippen molar-refractivity contribution in [2.24, 2.45) is 5.92 Å². The highest BCUT2D eigenvalue weighted by atomic mass is 19.1. The summed E-state index contributed by atoms with van der Waals surface area (Å²) in [6.07, 6.45) is 8.13. The van der Waals surface area contributed by atoms with Crippen LogP contribution < -0.4 is 0 Å². The number of allylic oxidation sites excluding steroid dienone is 1. The van der Waals surface area contributed by atoms with E-state index < -0.39 is 0 Å². The van der Waals surface area contributed by atoms with E-state index in [2.05, 4.69) is 12.2 Å². The van der Waals surface area contributed by atoms with Gasteiger partial charge in [0.1, 0.15) is 5.82 Å². The average Bonchev–Trinajstić information content (AvgIpc) is 2.29. The van der Waals surface area contributed by atoms with Crippen LogP contribution in [0, 0.1) is 11.7 Å². The standard InChI is InChI=1S/C15H17FO/c16-14-4-2-1-3-13(14)11-5-7-12(8-6-11)15-9-10-17-15/h1-5,7,11-12,15H,6,8-10H2. The van der Waals surface area contributed by atoms with Crippen molar-refractivity contribution in [2.45, 2.75) is 31.3 Å². The third-order valence-electron chi connectivity index (χ3n) is 3.92. The monoisotopic (exact) mass is 232 g/mol. The maximum absolute atomic E-state index is 13.6. The Morgan fingerprint density at radius 2 is 1.88 bits per heavy atom. The summed E-state index contributed by atoms with van der Waals surface area (Å²) in [4.78, 5) is 0. The zero-order chi connectivity index (χ0) is 11.7. The van der Waals surface area contributed by atoms with Gasteiger partial charge in [0.05, 0.1) is 6.10 Å². The van der Waals surface area contributed by atoms with Crippen molar-refractivity contribution in [1.82, 2.24) is 0 Å². The van der Waals surface area contributed by atoms with Crippen molar-refractivity contribution in [2.75, 3.05) is 6.61 Å². The van der Waals surface area contributed by atoms with E-state index in [0.717, 1.165) is 25.0 Å². The summed E-state index contributed by atoms with van der Waals surface area (Å²) < 4.78 is 19.2. The highest BCUT2D eigenvalue weighted by molar-refractivity contribution is 5.27. The van der Waals surface area contributed by atoms with Gasteiger partial charge in [0.25, 0.3) is 0 Å². The van der Waals surface area contributed by atoms with Gasteiger partial charge in [-0.2, -0.15) is 0 Å². The zero-order valence-corrected chi connectivity index (χ0v) is 9.81. The highest BCUT2D eigenvalue weighted by Gasteiger charge is 2.29. The van der Waals surface area contributed by atoms with Crippen molar-refractivity contribution in [1.29, 1.82) is 0 Å². The van der Waals surface area contributed by atoms with Crippen LogP contribution in [-0.4, -0.2) is 12.7 Å². The predicted molar refractivity (Wildman–Crippen MR) is 65.4 cm³/mol. The van der Waals surface area contributed by atoms with E-state index in [9.17, 15) is 4.39 Å². The molecule has 1 aliphatic heterocycles. The summed E-state index contributed by atoms with van der Waals surface area (Å²) in [5, 5.41) is 0. The first kappa shape index (κ1) is 11.0. The Hall–Kier alpha value is -1.15. The van der Waals surface area contributed by atoms with Crippen molar-refractivity contribution in [3.63, 3.8) is 0 Å². The van der Waals surface area contributed by atoms with Gasteiger partial charge in [-0.25, -0.2) is 4.39 Å². The average molecular weight is 232 g/mol. The van der Waals surface area contributed by atoms with Crippen LogP contribution in [0.25, 0.3) is 0 Å². The molecule has 0 spiro atoms. The molecule has 0 saturated carbocycles. The van der Waals surface area contributed by atoms with Crippen LogP contribution >= 0.6 is 0 Å². The van der Waals surface area contributed by atoms with Gasteiger partial charge in [-0.15, -0.1) is 0 Å². The molecule has 1 aromatic rings. The summed E-state index contributed by atoms with van der Waals surface area (Å²) in [5.41, 5.74) is 0.830. The second kappa shape index (κ2) is 4.61. The topological polar surface area (TPSA) is 9.23 Å². The molecule has 0 radical (unpaired) electrons. The maximum Gasteiger partial charge on any atom is 0.126 e. The SMILES string of the molecule is Fc1ccccc1C1C=CC(C2CCO2)CC1. The Morgan fingerprint density at radius 1 is 1.06 bits per heavy atom. The number of hydrogen-bond acceptors (Lipinski definition) is 1. The van der Waals surface area contributed by atoms with E-state index in [1.165, 1.54) is 6.42 Å². The molecule has 0 N–H and O–H groups in total. The number of rotatable bonds is 2. The second-order valence-corrected chi connectivity index (χ2v) is 4.95. The largest absolute Gasteiger partial charge is 0.377 e. The number of benzene rings is 1. The molecule has 0 amide bonds. The normalized spacial score (nSPS) is 32.2. The van der Waals surface area contributed by atoms with E-state index in [1.54, 1.807) is 12.1 Å². The predicted octanol–water partition coefficient (Wildman–Crippen LogP) is 3.66. The minimum atomic E-state index is -0.0829. The van der Waals surface area contributed by atoms with E-state index in [4.69, 9.17) is 4.74 Å². The van der Waals surface area contributed by atoms with Crippen molar-refractivity contribution < 1.29 is 9.13 Å². The molecule has 1 fully saturated rings. The van der Waals surface area contributed by atoms with Gasteiger partial charge in [0, 0.05) is 18.4 Å². The van der Waals surface area contributed by atoms with E-state index >= 15 is 0 Å². The minimum absolute atomic E-state index is 0.0829. The van der Waals surface area contributed by atoms with Gasteiger partial charge < -0.3 is 4.74 Å². The summed E-state index contributed by atoms with van der Waals surface area (Å²) >= 11 is 0. The van der Waals surface area contributed by atoms with Crippen LogP contribution in [-0.2, 0) is 4.74 Å². The zero-order valence-electron chi connectivity index (χ0n) is 9.81. The molecular weight excluding hydrogens is 215 g/mol. The lowest BCUT2D eigenvalue weighted by Crippen LogP contribution is -2.34. The number of halogens is 1. The summed E-state index contributed by atoms with van der Waals surface area (Å²) in [6, 6.07) is 7.10.